The van der Waals surface area contributed by atoms with Crippen molar-refractivity contribution in [2.45, 2.75) is 32.4 Å². The number of hydrogen-bond donors (Lipinski definition) is 1. The summed E-state index contributed by atoms with van der Waals surface area (Å²) < 4.78 is 14.0. The summed E-state index contributed by atoms with van der Waals surface area (Å²) in [6, 6.07) is 16.0. The van der Waals surface area contributed by atoms with Gasteiger partial charge in [-0.2, -0.15) is 0 Å². The zero-order valence-corrected chi connectivity index (χ0v) is 12.3. The third kappa shape index (κ3) is 3.42. The van der Waals surface area contributed by atoms with Gasteiger partial charge in [-0.1, -0.05) is 24.3 Å². The Labute approximate surface area is 125 Å². The van der Waals surface area contributed by atoms with E-state index in [0.717, 1.165) is 24.8 Å². The number of rotatable bonds is 6. The number of para-hydroxylation sites is 1. The molecule has 110 valence electrons. The van der Waals surface area contributed by atoms with Gasteiger partial charge in [-0.3, -0.25) is 0 Å². The first kappa shape index (κ1) is 14.1. The van der Waals surface area contributed by atoms with E-state index in [-0.39, 0.29) is 5.82 Å². The van der Waals surface area contributed by atoms with Crippen LogP contribution in [0.5, 0.6) is 0 Å². The van der Waals surface area contributed by atoms with Crippen molar-refractivity contribution in [2.24, 2.45) is 0 Å². The van der Waals surface area contributed by atoms with Gasteiger partial charge in [0.25, 0.3) is 0 Å². The van der Waals surface area contributed by atoms with Gasteiger partial charge in [0, 0.05) is 24.8 Å². The van der Waals surface area contributed by atoms with E-state index in [4.69, 9.17) is 0 Å². The van der Waals surface area contributed by atoms with Crippen molar-refractivity contribution in [3.05, 3.63) is 59.9 Å². The van der Waals surface area contributed by atoms with Crippen LogP contribution in [0.15, 0.2) is 48.5 Å². The summed E-state index contributed by atoms with van der Waals surface area (Å²) in [6.07, 6.45) is 2.60. The molecule has 3 rings (SSSR count). The van der Waals surface area contributed by atoms with Crippen LogP contribution in [0, 0.1) is 5.82 Å². The topological polar surface area (TPSA) is 15.3 Å². The molecule has 3 heteroatoms. The lowest BCUT2D eigenvalue weighted by molar-refractivity contribution is 0.625. The molecule has 0 amide bonds. The van der Waals surface area contributed by atoms with Crippen LogP contribution >= 0.6 is 0 Å². The molecule has 1 fully saturated rings. The van der Waals surface area contributed by atoms with Crippen molar-refractivity contribution < 1.29 is 4.39 Å². The maximum atomic E-state index is 14.0. The van der Waals surface area contributed by atoms with E-state index in [9.17, 15) is 4.39 Å². The van der Waals surface area contributed by atoms with Gasteiger partial charge in [0.2, 0.25) is 0 Å². The maximum absolute atomic E-state index is 14.0. The van der Waals surface area contributed by atoms with E-state index < -0.39 is 0 Å². The summed E-state index contributed by atoms with van der Waals surface area (Å²) in [6.45, 7) is 3.69. The third-order valence-electron chi connectivity index (χ3n) is 3.88. The van der Waals surface area contributed by atoms with Gasteiger partial charge in [0.15, 0.2) is 0 Å². The Morgan fingerprint density at radius 3 is 2.43 bits per heavy atom. The van der Waals surface area contributed by atoms with Gasteiger partial charge in [-0.25, -0.2) is 4.39 Å². The van der Waals surface area contributed by atoms with Crippen molar-refractivity contribution in [2.75, 3.05) is 11.4 Å². The summed E-state index contributed by atoms with van der Waals surface area (Å²) in [5.41, 5.74) is 2.93. The van der Waals surface area contributed by atoms with Gasteiger partial charge in [0.1, 0.15) is 5.82 Å². The first-order chi connectivity index (χ1) is 10.3. The van der Waals surface area contributed by atoms with Crippen LogP contribution in [0.25, 0.3) is 0 Å². The van der Waals surface area contributed by atoms with Gasteiger partial charge in [-0.15, -0.1) is 0 Å². The lowest BCUT2D eigenvalue weighted by atomic mass is 10.1. The van der Waals surface area contributed by atoms with Crippen LogP contribution in [0.1, 0.15) is 25.3 Å². The zero-order chi connectivity index (χ0) is 14.7. The smallest absolute Gasteiger partial charge is 0.146 e. The maximum Gasteiger partial charge on any atom is 0.146 e. The molecule has 0 saturated heterocycles. The lowest BCUT2D eigenvalue weighted by Crippen LogP contribution is -2.18. The van der Waals surface area contributed by atoms with Crippen LogP contribution in [0.2, 0.25) is 0 Å². The Kier molecular flexibility index (Phi) is 4.20. The largest absolute Gasteiger partial charge is 0.339 e. The molecule has 2 aromatic carbocycles. The summed E-state index contributed by atoms with van der Waals surface area (Å²) in [4.78, 5) is 1.99. The monoisotopic (exact) mass is 284 g/mol. The minimum Gasteiger partial charge on any atom is -0.339 e. The molecular formula is C18H21FN2. The number of hydrogen-bond acceptors (Lipinski definition) is 2. The number of nitrogens with one attached hydrogen (secondary N) is 1. The second-order valence-corrected chi connectivity index (χ2v) is 5.52. The molecule has 0 aromatic heterocycles. The fourth-order valence-electron chi connectivity index (χ4n) is 2.51. The molecule has 0 heterocycles. The molecular weight excluding hydrogens is 263 g/mol. The van der Waals surface area contributed by atoms with E-state index in [0.29, 0.717) is 5.69 Å². The van der Waals surface area contributed by atoms with E-state index >= 15 is 0 Å². The third-order valence-corrected chi connectivity index (χ3v) is 3.88. The second-order valence-electron chi connectivity index (χ2n) is 5.52. The molecule has 0 atom stereocenters. The molecule has 0 unspecified atom stereocenters. The number of benzene rings is 2. The first-order valence-electron chi connectivity index (χ1n) is 7.62. The number of anilines is 2. The molecule has 21 heavy (non-hydrogen) atoms. The van der Waals surface area contributed by atoms with E-state index in [1.165, 1.54) is 24.5 Å². The zero-order valence-electron chi connectivity index (χ0n) is 12.3. The van der Waals surface area contributed by atoms with Crippen molar-refractivity contribution >= 4 is 11.4 Å². The molecule has 0 spiro atoms. The van der Waals surface area contributed by atoms with Crippen LogP contribution in [-0.2, 0) is 6.54 Å². The summed E-state index contributed by atoms with van der Waals surface area (Å²) in [7, 11) is 0. The summed E-state index contributed by atoms with van der Waals surface area (Å²) in [5, 5.41) is 3.50. The van der Waals surface area contributed by atoms with Gasteiger partial charge >= 0.3 is 0 Å². The Morgan fingerprint density at radius 1 is 1.10 bits per heavy atom. The van der Waals surface area contributed by atoms with E-state index in [1.807, 2.05) is 24.0 Å². The second kappa shape index (κ2) is 6.27. The quantitative estimate of drug-likeness (QED) is 0.853. The fourth-order valence-corrected chi connectivity index (χ4v) is 2.51. The fraction of sp³-hybridized carbons (Fsp3) is 0.333. The molecule has 2 nitrogen and oxygen atoms in total. The highest BCUT2D eigenvalue weighted by Crippen LogP contribution is 2.27. The SMILES string of the molecule is CCN(c1ccc(CNC2CC2)cc1)c1ccccc1F. The Morgan fingerprint density at radius 2 is 1.81 bits per heavy atom. The molecule has 1 aliphatic rings. The lowest BCUT2D eigenvalue weighted by Gasteiger charge is -2.24. The van der Waals surface area contributed by atoms with Gasteiger partial charge in [-0.05, 0) is 49.6 Å². The van der Waals surface area contributed by atoms with Crippen LogP contribution in [0.4, 0.5) is 15.8 Å². The summed E-state index contributed by atoms with van der Waals surface area (Å²) in [5.74, 6) is -0.182. The molecule has 1 N–H and O–H groups in total. The van der Waals surface area contributed by atoms with Crippen molar-refractivity contribution in [1.29, 1.82) is 0 Å². The molecule has 2 aromatic rings. The van der Waals surface area contributed by atoms with Crippen LogP contribution < -0.4 is 10.2 Å². The standard InChI is InChI=1S/C18H21FN2/c1-2-21(18-6-4-3-5-17(18)19)16-11-7-14(8-12-16)13-20-15-9-10-15/h3-8,11-12,15,20H,2,9-10,13H2,1H3. The highest BCUT2D eigenvalue weighted by Gasteiger charge is 2.19. The minimum absolute atomic E-state index is 0.182. The van der Waals surface area contributed by atoms with Gasteiger partial charge in [0.05, 0.1) is 5.69 Å². The normalized spacial score (nSPS) is 14.2. The molecule has 0 aliphatic heterocycles. The minimum atomic E-state index is -0.182. The predicted octanol–water partition coefficient (Wildman–Crippen LogP) is 4.24. The highest BCUT2D eigenvalue weighted by atomic mass is 19.1. The van der Waals surface area contributed by atoms with Crippen LogP contribution in [0.3, 0.4) is 0 Å². The molecule has 0 bridgehead atoms. The average molecular weight is 284 g/mol. The van der Waals surface area contributed by atoms with Gasteiger partial charge < -0.3 is 10.2 Å². The van der Waals surface area contributed by atoms with Crippen LogP contribution in [-0.4, -0.2) is 12.6 Å². The number of halogens is 1. The predicted molar refractivity (Wildman–Crippen MR) is 85.4 cm³/mol. The molecule has 1 saturated carbocycles. The number of nitrogens with zero attached hydrogens (tertiary/aromatic N) is 1. The van der Waals surface area contributed by atoms with Crippen molar-refractivity contribution in [3.63, 3.8) is 0 Å². The molecule has 1 aliphatic carbocycles. The highest BCUT2D eigenvalue weighted by molar-refractivity contribution is 5.63. The van der Waals surface area contributed by atoms with E-state index in [1.54, 1.807) is 6.07 Å². The van der Waals surface area contributed by atoms with E-state index in [2.05, 4.69) is 29.6 Å². The summed E-state index contributed by atoms with van der Waals surface area (Å²) >= 11 is 0. The van der Waals surface area contributed by atoms with Crippen molar-refractivity contribution in [1.82, 2.24) is 5.32 Å². The Bertz CT molecular complexity index is 590. The average Bonchev–Trinajstić information content (AvgIpc) is 3.33. The first-order valence-corrected chi connectivity index (χ1v) is 7.62. The van der Waals surface area contributed by atoms with Crippen molar-refractivity contribution in [3.8, 4) is 0 Å². The Balaban J connectivity index is 1.75. The Hall–Kier alpha value is -1.87. The molecule has 0 radical (unpaired) electrons.